The van der Waals surface area contributed by atoms with Crippen LogP contribution in [0.25, 0.3) is 0 Å². The summed E-state index contributed by atoms with van der Waals surface area (Å²) < 4.78 is 0.796. The van der Waals surface area contributed by atoms with E-state index in [0.717, 1.165) is 35.1 Å². The van der Waals surface area contributed by atoms with Gasteiger partial charge in [0, 0.05) is 29.2 Å². The Balaban J connectivity index is 2.09. The molecule has 108 valence electrons. The van der Waals surface area contributed by atoms with E-state index < -0.39 is 0 Å². The molecule has 1 aromatic carbocycles. The second-order valence-electron chi connectivity index (χ2n) is 5.04. The first kappa shape index (κ1) is 14.5. The molecule has 0 atom stereocenters. The zero-order valence-corrected chi connectivity index (χ0v) is 14.0. The van der Waals surface area contributed by atoms with Gasteiger partial charge in [0.1, 0.15) is 0 Å². The van der Waals surface area contributed by atoms with E-state index in [1.165, 1.54) is 11.3 Å². The standard InChI is InChI=1S/C16H14BrNO2S/c1-10(19)18-6-2-4-11-8-13(17)12(9-14(11)18)16(20)15-5-3-7-21-15/h3,5,7-9H,2,4,6H2,1H3. The molecule has 1 aliphatic rings. The minimum absolute atomic E-state index is 0.00579. The van der Waals surface area contributed by atoms with Gasteiger partial charge in [-0.15, -0.1) is 11.3 Å². The SMILES string of the molecule is CC(=O)N1CCCc2cc(Br)c(C(=O)c3cccs3)cc21. The van der Waals surface area contributed by atoms with Gasteiger partial charge in [0.25, 0.3) is 0 Å². The van der Waals surface area contributed by atoms with Crippen LogP contribution in [0.4, 0.5) is 5.69 Å². The molecular formula is C16H14BrNO2S. The molecule has 0 spiro atoms. The van der Waals surface area contributed by atoms with Gasteiger partial charge in [-0.05, 0) is 42.0 Å². The maximum atomic E-state index is 12.6. The molecule has 0 N–H and O–H groups in total. The van der Waals surface area contributed by atoms with Crippen molar-refractivity contribution < 1.29 is 9.59 Å². The number of carbonyl (C=O) groups excluding carboxylic acids is 2. The summed E-state index contributed by atoms with van der Waals surface area (Å²) in [5.41, 5.74) is 2.60. The molecule has 0 radical (unpaired) electrons. The Bertz CT molecular complexity index is 709. The Morgan fingerprint density at radius 2 is 2.14 bits per heavy atom. The Hall–Kier alpha value is -1.46. The van der Waals surface area contributed by atoms with Crippen LogP contribution >= 0.6 is 27.3 Å². The molecule has 0 saturated carbocycles. The largest absolute Gasteiger partial charge is 0.312 e. The van der Waals surface area contributed by atoms with E-state index in [-0.39, 0.29) is 11.7 Å². The van der Waals surface area contributed by atoms with Crippen molar-refractivity contribution in [2.75, 3.05) is 11.4 Å². The number of amides is 1. The van der Waals surface area contributed by atoms with Crippen LogP contribution in [0.3, 0.4) is 0 Å². The van der Waals surface area contributed by atoms with E-state index in [1.807, 2.05) is 29.6 Å². The van der Waals surface area contributed by atoms with Crippen LogP contribution in [0, 0.1) is 0 Å². The number of carbonyl (C=O) groups is 2. The zero-order chi connectivity index (χ0) is 15.0. The predicted octanol–water partition coefficient (Wildman–Crippen LogP) is 4.04. The summed E-state index contributed by atoms with van der Waals surface area (Å²) in [5, 5.41) is 1.89. The van der Waals surface area contributed by atoms with Crippen LogP contribution in [0.5, 0.6) is 0 Å². The highest BCUT2D eigenvalue weighted by Gasteiger charge is 2.24. The number of thiophene rings is 1. The van der Waals surface area contributed by atoms with Gasteiger partial charge < -0.3 is 4.90 Å². The Morgan fingerprint density at radius 3 is 2.81 bits per heavy atom. The average molecular weight is 364 g/mol. The van der Waals surface area contributed by atoms with E-state index in [4.69, 9.17) is 0 Å². The maximum absolute atomic E-state index is 12.6. The molecule has 0 saturated heterocycles. The highest BCUT2D eigenvalue weighted by Crippen LogP contribution is 2.34. The molecule has 0 fully saturated rings. The number of hydrogen-bond donors (Lipinski definition) is 0. The molecule has 3 nitrogen and oxygen atoms in total. The summed E-state index contributed by atoms with van der Waals surface area (Å²) in [4.78, 5) is 26.8. The van der Waals surface area contributed by atoms with Crippen LogP contribution < -0.4 is 4.90 Å². The summed E-state index contributed by atoms with van der Waals surface area (Å²) in [5.74, 6) is 0.0153. The third-order valence-electron chi connectivity index (χ3n) is 3.66. The summed E-state index contributed by atoms with van der Waals surface area (Å²) in [6.45, 7) is 2.29. The summed E-state index contributed by atoms with van der Waals surface area (Å²) in [6, 6.07) is 7.51. The third kappa shape index (κ3) is 2.68. The van der Waals surface area contributed by atoms with Crippen molar-refractivity contribution in [3.63, 3.8) is 0 Å². The third-order valence-corrected chi connectivity index (χ3v) is 5.18. The number of benzene rings is 1. The molecule has 0 aliphatic carbocycles. The van der Waals surface area contributed by atoms with E-state index in [9.17, 15) is 9.59 Å². The lowest BCUT2D eigenvalue weighted by Crippen LogP contribution is -2.33. The fraction of sp³-hybridized carbons (Fsp3) is 0.250. The summed E-state index contributed by atoms with van der Waals surface area (Å²) in [6.07, 6.45) is 1.89. The van der Waals surface area contributed by atoms with Gasteiger partial charge in [0.05, 0.1) is 4.88 Å². The molecule has 1 aliphatic heterocycles. The summed E-state index contributed by atoms with van der Waals surface area (Å²) >= 11 is 4.93. The van der Waals surface area contributed by atoms with Gasteiger partial charge in [-0.3, -0.25) is 9.59 Å². The van der Waals surface area contributed by atoms with Crippen molar-refractivity contribution in [1.82, 2.24) is 0 Å². The molecule has 5 heteroatoms. The number of halogens is 1. The number of aryl methyl sites for hydroxylation is 1. The minimum atomic E-state index is -0.00579. The van der Waals surface area contributed by atoms with Crippen molar-refractivity contribution in [2.45, 2.75) is 19.8 Å². The molecule has 21 heavy (non-hydrogen) atoms. The van der Waals surface area contributed by atoms with Crippen molar-refractivity contribution in [3.8, 4) is 0 Å². The number of hydrogen-bond acceptors (Lipinski definition) is 3. The van der Waals surface area contributed by atoms with E-state index in [0.29, 0.717) is 10.4 Å². The number of anilines is 1. The van der Waals surface area contributed by atoms with Gasteiger partial charge in [-0.1, -0.05) is 22.0 Å². The fourth-order valence-corrected chi connectivity index (χ4v) is 3.89. The Labute approximate surface area is 135 Å². The van der Waals surface area contributed by atoms with Gasteiger partial charge in [-0.2, -0.15) is 0 Å². The van der Waals surface area contributed by atoms with Gasteiger partial charge in [0.15, 0.2) is 0 Å². The second kappa shape index (κ2) is 5.73. The highest BCUT2D eigenvalue weighted by molar-refractivity contribution is 9.10. The van der Waals surface area contributed by atoms with Crippen molar-refractivity contribution in [2.24, 2.45) is 0 Å². The number of nitrogens with zero attached hydrogens (tertiary/aromatic N) is 1. The molecule has 1 amide bonds. The van der Waals surface area contributed by atoms with E-state index in [2.05, 4.69) is 15.9 Å². The van der Waals surface area contributed by atoms with Crippen molar-refractivity contribution in [3.05, 3.63) is 50.1 Å². The Morgan fingerprint density at radius 1 is 1.33 bits per heavy atom. The average Bonchev–Trinajstić information content (AvgIpc) is 2.99. The van der Waals surface area contributed by atoms with Crippen LogP contribution in [-0.4, -0.2) is 18.2 Å². The predicted molar refractivity (Wildman–Crippen MR) is 88.2 cm³/mol. The number of rotatable bonds is 2. The second-order valence-corrected chi connectivity index (χ2v) is 6.84. The molecular weight excluding hydrogens is 350 g/mol. The molecule has 0 bridgehead atoms. The summed E-state index contributed by atoms with van der Waals surface area (Å²) in [7, 11) is 0. The fourth-order valence-electron chi connectivity index (χ4n) is 2.64. The molecule has 3 rings (SSSR count). The number of ketones is 1. The zero-order valence-electron chi connectivity index (χ0n) is 11.6. The molecule has 2 heterocycles. The first-order valence-electron chi connectivity index (χ1n) is 6.76. The molecule has 2 aromatic rings. The smallest absolute Gasteiger partial charge is 0.223 e. The van der Waals surface area contributed by atoms with Crippen LogP contribution in [0.1, 0.15) is 34.1 Å². The molecule has 1 aromatic heterocycles. The lowest BCUT2D eigenvalue weighted by Gasteiger charge is -2.29. The normalized spacial score (nSPS) is 13.9. The first-order chi connectivity index (χ1) is 10.1. The Kier molecular flexibility index (Phi) is 3.95. The lowest BCUT2D eigenvalue weighted by molar-refractivity contribution is -0.116. The van der Waals surface area contributed by atoms with Gasteiger partial charge >= 0.3 is 0 Å². The monoisotopic (exact) mass is 363 g/mol. The minimum Gasteiger partial charge on any atom is -0.312 e. The van der Waals surface area contributed by atoms with Crippen molar-refractivity contribution in [1.29, 1.82) is 0 Å². The van der Waals surface area contributed by atoms with Crippen LogP contribution in [-0.2, 0) is 11.2 Å². The lowest BCUT2D eigenvalue weighted by atomic mass is 9.97. The van der Waals surface area contributed by atoms with Gasteiger partial charge in [0.2, 0.25) is 11.7 Å². The quantitative estimate of drug-likeness (QED) is 0.755. The molecule has 0 unspecified atom stereocenters. The van der Waals surface area contributed by atoms with E-state index in [1.54, 1.807) is 11.8 Å². The van der Waals surface area contributed by atoms with Crippen molar-refractivity contribution >= 4 is 44.6 Å². The van der Waals surface area contributed by atoms with Gasteiger partial charge in [-0.25, -0.2) is 0 Å². The van der Waals surface area contributed by atoms with Crippen LogP contribution in [0.15, 0.2) is 34.1 Å². The van der Waals surface area contributed by atoms with E-state index >= 15 is 0 Å². The maximum Gasteiger partial charge on any atom is 0.223 e. The number of fused-ring (bicyclic) bond motifs is 1. The van der Waals surface area contributed by atoms with Crippen LogP contribution in [0.2, 0.25) is 0 Å². The topological polar surface area (TPSA) is 37.4 Å². The first-order valence-corrected chi connectivity index (χ1v) is 8.44. The highest BCUT2D eigenvalue weighted by atomic mass is 79.9.